The molecule has 0 aliphatic heterocycles. The maximum absolute atomic E-state index is 12.6. The van der Waals surface area contributed by atoms with Crippen molar-refractivity contribution < 1.29 is 9.59 Å². The van der Waals surface area contributed by atoms with Crippen LogP contribution in [0.3, 0.4) is 0 Å². The zero-order valence-electron chi connectivity index (χ0n) is 17.8. The van der Waals surface area contributed by atoms with E-state index < -0.39 is 0 Å². The first-order valence-electron chi connectivity index (χ1n) is 9.71. The van der Waals surface area contributed by atoms with Gasteiger partial charge in [-0.05, 0) is 56.2 Å². The molecule has 0 aliphatic rings. The van der Waals surface area contributed by atoms with Crippen LogP contribution in [0, 0.1) is 13.8 Å². The molecule has 2 aromatic carbocycles. The molecule has 0 unspecified atom stereocenters. The lowest BCUT2D eigenvalue weighted by molar-refractivity contribution is -0.113. The van der Waals surface area contributed by atoms with Gasteiger partial charge in [0.05, 0.1) is 11.8 Å². The number of thioether (sulfide) groups is 1. The highest BCUT2D eigenvalue weighted by molar-refractivity contribution is 9.10. The summed E-state index contributed by atoms with van der Waals surface area (Å²) in [6.07, 6.45) is 0. The third-order valence-electron chi connectivity index (χ3n) is 4.77. The van der Waals surface area contributed by atoms with Crippen LogP contribution >= 0.6 is 27.7 Å². The van der Waals surface area contributed by atoms with Crippen molar-refractivity contribution >= 4 is 45.2 Å². The number of hydrogen-bond acceptors (Lipinski definition) is 5. The normalized spacial score (nSPS) is 11.8. The predicted molar refractivity (Wildman–Crippen MR) is 126 cm³/mol. The Balaban J connectivity index is 1.59. The second-order valence-corrected chi connectivity index (χ2v) is 9.01. The molecule has 3 rings (SSSR count). The summed E-state index contributed by atoms with van der Waals surface area (Å²) in [7, 11) is 1.82. The van der Waals surface area contributed by atoms with E-state index in [-0.39, 0.29) is 23.6 Å². The highest BCUT2D eigenvalue weighted by atomic mass is 79.9. The third-order valence-corrected chi connectivity index (χ3v) is 6.68. The molecule has 0 bridgehead atoms. The van der Waals surface area contributed by atoms with Gasteiger partial charge in [-0.15, -0.1) is 10.2 Å². The van der Waals surface area contributed by atoms with Crippen LogP contribution in [0.15, 0.2) is 52.1 Å². The van der Waals surface area contributed by atoms with E-state index in [1.807, 2.05) is 64.2 Å². The number of anilines is 1. The van der Waals surface area contributed by atoms with Gasteiger partial charge in [-0.2, -0.15) is 0 Å². The summed E-state index contributed by atoms with van der Waals surface area (Å²) in [5.41, 5.74) is 3.34. The first-order valence-corrected chi connectivity index (χ1v) is 11.5. The van der Waals surface area contributed by atoms with E-state index in [0.717, 1.165) is 21.3 Å². The van der Waals surface area contributed by atoms with Gasteiger partial charge < -0.3 is 15.2 Å². The molecule has 0 aliphatic carbocycles. The van der Waals surface area contributed by atoms with E-state index in [9.17, 15) is 9.59 Å². The number of aromatic nitrogens is 3. The summed E-state index contributed by atoms with van der Waals surface area (Å²) < 4.78 is 2.79. The number of halogens is 1. The Bertz CT molecular complexity index is 1120. The summed E-state index contributed by atoms with van der Waals surface area (Å²) in [4.78, 5) is 24.9. The van der Waals surface area contributed by atoms with Gasteiger partial charge in [0, 0.05) is 22.8 Å². The third kappa shape index (κ3) is 5.74. The molecular formula is C22H24BrN5O2S. The smallest absolute Gasteiger partial charge is 0.252 e. The molecule has 0 fully saturated rings. The Morgan fingerprint density at radius 3 is 2.58 bits per heavy atom. The van der Waals surface area contributed by atoms with Crippen LogP contribution in [0.4, 0.5) is 5.69 Å². The lowest BCUT2D eigenvalue weighted by Crippen LogP contribution is -2.29. The standard InChI is InChI=1S/C22H24BrN5O2S/c1-13-7-5-6-8-17(13)21(30)24-15(3)20-26-27-22(28(20)4)31-12-19(29)25-16-9-10-18(23)14(2)11-16/h5-11,15H,12H2,1-4H3,(H,24,30)(H,25,29)/t15-/m1/s1. The van der Waals surface area contributed by atoms with Crippen LogP contribution in [0.25, 0.3) is 0 Å². The second-order valence-electron chi connectivity index (χ2n) is 7.21. The number of nitrogens with zero attached hydrogens (tertiary/aromatic N) is 3. The average molecular weight is 502 g/mol. The summed E-state index contributed by atoms with van der Waals surface area (Å²) in [5, 5.41) is 14.8. The fraction of sp³-hybridized carbons (Fsp3) is 0.273. The molecule has 2 N–H and O–H groups in total. The number of amides is 2. The number of aryl methyl sites for hydroxylation is 2. The molecule has 1 heterocycles. The average Bonchev–Trinajstić information content (AvgIpc) is 3.10. The molecule has 0 saturated carbocycles. The Morgan fingerprint density at radius 1 is 1.13 bits per heavy atom. The van der Waals surface area contributed by atoms with Gasteiger partial charge in [0.15, 0.2) is 11.0 Å². The Morgan fingerprint density at radius 2 is 1.87 bits per heavy atom. The van der Waals surface area contributed by atoms with Gasteiger partial charge in [-0.3, -0.25) is 9.59 Å². The molecule has 9 heteroatoms. The SMILES string of the molecule is Cc1cc(NC(=O)CSc2nnc([C@@H](C)NC(=O)c3ccccc3C)n2C)ccc1Br. The van der Waals surface area contributed by atoms with E-state index in [0.29, 0.717) is 16.5 Å². The zero-order chi connectivity index (χ0) is 22.5. The van der Waals surface area contributed by atoms with Crippen molar-refractivity contribution in [2.75, 3.05) is 11.1 Å². The largest absolute Gasteiger partial charge is 0.342 e. The van der Waals surface area contributed by atoms with Gasteiger partial charge in [-0.25, -0.2) is 0 Å². The van der Waals surface area contributed by atoms with Gasteiger partial charge in [0.1, 0.15) is 0 Å². The van der Waals surface area contributed by atoms with Crippen LogP contribution in [-0.4, -0.2) is 32.3 Å². The summed E-state index contributed by atoms with van der Waals surface area (Å²) in [6, 6.07) is 12.8. The fourth-order valence-corrected chi connectivity index (χ4v) is 4.01. The van der Waals surface area contributed by atoms with E-state index in [1.165, 1.54) is 11.8 Å². The van der Waals surface area contributed by atoms with Crippen molar-refractivity contribution in [3.63, 3.8) is 0 Å². The zero-order valence-corrected chi connectivity index (χ0v) is 20.2. The topological polar surface area (TPSA) is 88.9 Å². The van der Waals surface area contributed by atoms with Crippen LogP contribution in [-0.2, 0) is 11.8 Å². The van der Waals surface area contributed by atoms with E-state index in [1.54, 1.807) is 10.6 Å². The lowest BCUT2D eigenvalue weighted by Gasteiger charge is -2.14. The molecule has 0 radical (unpaired) electrons. The highest BCUT2D eigenvalue weighted by Gasteiger charge is 2.19. The summed E-state index contributed by atoms with van der Waals surface area (Å²) in [6.45, 7) is 5.73. The lowest BCUT2D eigenvalue weighted by atomic mass is 10.1. The van der Waals surface area contributed by atoms with Crippen LogP contribution in [0.1, 0.15) is 40.3 Å². The number of hydrogen-bond donors (Lipinski definition) is 2. The molecule has 1 atom stereocenters. The first kappa shape index (κ1) is 23.0. The predicted octanol–water partition coefficient (Wildman–Crippen LogP) is 4.42. The Hall–Kier alpha value is -2.65. The summed E-state index contributed by atoms with van der Waals surface area (Å²) >= 11 is 4.74. The second kappa shape index (κ2) is 10.1. The molecule has 31 heavy (non-hydrogen) atoms. The van der Waals surface area contributed by atoms with Crippen LogP contribution in [0.5, 0.6) is 0 Å². The molecular weight excluding hydrogens is 478 g/mol. The van der Waals surface area contributed by atoms with Gasteiger partial charge in [0.2, 0.25) is 5.91 Å². The van der Waals surface area contributed by atoms with E-state index in [2.05, 4.69) is 36.8 Å². The van der Waals surface area contributed by atoms with Crippen LogP contribution in [0.2, 0.25) is 0 Å². The quantitative estimate of drug-likeness (QED) is 0.467. The maximum Gasteiger partial charge on any atom is 0.252 e. The number of carbonyl (C=O) groups excluding carboxylic acids is 2. The molecule has 2 amide bonds. The Labute approximate surface area is 194 Å². The first-order chi connectivity index (χ1) is 14.8. The number of nitrogens with one attached hydrogen (secondary N) is 2. The van der Waals surface area contributed by atoms with Crippen molar-refractivity contribution in [1.82, 2.24) is 20.1 Å². The molecule has 3 aromatic rings. The van der Waals surface area contributed by atoms with Gasteiger partial charge >= 0.3 is 0 Å². The molecule has 0 spiro atoms. The van der Waals surface area contributed by atoms with Crippen molar-refractivity contribution in [1.29, 1.82) is 0 Å². The van der Waals surface area contributed by atoms with Crippen molar-refractivity contribution in [3.8, 4) is 0 Å². The Kier molecular flexibility index (Phi) is 7.50. The highest BCUT2D eigenvalue weighted by Crippen LogP contribution is 2.22. The minimum atomic E-state index is -0.335. The number of rotatable bonds is 7. The monoisotopic (exact) mass is 501 g/mol. The molecule has 1 aromatic heterocycles. The molecule has 0 saturated heterocycles. The number of carbonyl (C=O) groups is 2. The number of benzene rings is 2. The molecule has 162 valence electrons. The van der Waals surface area contributed by atoms with Gasteiger partial charge in [-0.1, -0.05) is 45.9 Å². The fourth-order valence-electron chi connectivity index (χ4n) is 3.05. The minimum absolute atomic E-state index is 0.128. The van der Waals surface area contributed by atoms with E-state index in [4.69, 9.17) is 0 Å². The van der Waals surface area contributed by atoms with Crippen LogP contribution < -0.4 is 10.6 Å². The van der Waals surface area contributed by atoms with Gasteiger partial charge in [0.25, 0.3) is 5.91 Å². The molecule has 7 nitrogen and oxygen atoms in total. The van der Waals surface area contributed by atoms with Crippen molar-refractivity contribution in [3.05, 3.63) is 69.5 Å². The van der Waals surface area contributed by atoms with Crippen molar-refractivity contribution in [2.24, 2.45) is 7.05 Å². The minimum Gasteiger partial charge on any atom is -0.342 e. The van der Waals surface area contributed by atoms with Crippen molar-refractivity contribution in [2.45, 2.75) is 32.0 Å². The maximum atomic E-state index is 12.6. The summed E-state index contributed by atoms with van der Waals surface area (Å²) in [5.74, 6) is 0.530. The van der Waals surface area contributed by atoms with E-state index >= 15 is 0 Å².